The van der Waals surface area contributed by atoms with E-state index in [9.17, 15) is 13.5 Å². The molecule has 3 rings (SSSR count). The summed E-state index contributed by atoms with van der Waals surface area (Å²) in [6.45, 7) is 1.54. The molecule has 96 valence electrons. The monoisotopic (exact) mass is 266 g/mol. The zero-order valence-corrected chi connectivity index (χ0v) is 10.8. The topological polar surface area (TPSA) is 62.5 Å². The van der Waals surface area contributed by atoms with Gasteiger partial charge in [0.25, 0.3) is 0 Å². The predicted molar refractivity (Wildman–Crippen MR) is 68.9 cm³/mol. The van der Waals surface area contributed by atoms with Crippen molar-refractivity contribution in [1.29, 1.82) is 0 Å². The fraction of sp³-hybridized carbons (Fsp3) is 0.333. The number of sulfonamides is 1. The number of hydrogen-bond donors (Lipinski definition) is 1. The molecule has 0 amide bonds. The molecule has 1 aromatic carbocycles. The molecule has 18 heavy (non-hydrogen) atoms. The number of aromatic hydroxyl groups is 1. The zero-order chi connectivity index (χ0) is 12.9. The Morgan fingerprint density at radius 3 is 2.72 bits per heavy atom. The predicted octanol–water partition coefficient (Wildman–Crippen LogP) is 1.12. The van der Waals surface area contributed by atoms with Crippen LogP contribution in [0.4, 0.5) is 0 Å². The first-order chi connectivity index (χ1) is 8.45. The Kier molecular flexibility index (Phi) is 2.39. The van der Waals surface area contributed by atoms with Crippen molar-refractivity contribution in [1.82, 2.24) is 8.87 Å². The highest BCUT2D eigenvalue weighted by Gasteiger charge is 2.24. The lowest BCUT2D eigenvalue weighted by Gasteiger charge is -2.26. The second-order valence-corrected chi connectivity index (χ2v) is 6.61. The third kappa shape index (κ3) is 1.77. The molecule has 2 aromatic rings. The van der Waals surface area contributed by atoms with E-state index < -0.39 is 10.0 Å². The first kappa shape index (κ1) is 11.6. The second-order valence-electron chi connectivity index (χ2n) is 4.63. The van der Waals surface area contributed by atoms with E-state index in [1.54, 1.807) is 12.1 Å². The summed E-state index contributed by atoms with van der Waals surface area (Å²) in [6, 6.07) is 7.15. The van der Waals surface area contributed by atoms with Crippen molar-refractivity contribution in [2.75, 3.05) is 12.8 Å². The Balaban J connectivity index is 2.10. The van der Waals surface area contributed by atoms with Crippen LogP contribution in [0.1, 0.15) is 5.69 Å². The van der Waals surface area contributed by atoms with Gasteiger partial charge in [-0.05, 0) is 24.3 Å². The summed E-state index contributed by atoms with van der Waals surface area (Å²) in [5.74, 6) is 0.227. The van der Waals surface area contributed by atoms with Crippen LogP contribution in [0.15, 0.2) is 24.3 Å². The van der Waals surface area contributed by atoms with Gasteiger partial charge in [0.1, 0.15) is 5.75 Å². The van der Waals surface area contributed by atoms with Gasteiger partial charge in [-0.25, -0.2) is 8.42 Å². The number of nitrogens with zero attached hydrogens (tertiary/aromatic N) is 2. The largest absolute Gasteiger partial charge is 0.508 e. The van der Waals surface area contributed by atoms with Crippen molar-refractivity contribution >= 4 is 20.9 Å². The molecular weight excluding hydrogens is 252 g/mol. The summed E-state index contributed by atoms with van der Waals surface area (Å²) in [6.07, 6.45) is 1.23. The first-order valence-electron chi connectivity index (χ1n) is 5.71. The highest BCUT2D eigenvalue weighted by Crippen LogP contribution is 2.27. The lowest BCUT2D eigenvalue weighted by Crippen LogP contribution is -2.37. The molecule has 0 radical (unpaired) electrons. The number of phenols is 1. The molecule has 0 atom stereocenters. The van der Waals surface area contributed by atoms with Gasteiger partial charge in [-0.1, -0.05) is 0 Å². The Hall–Kier alpha value is -1.53. The van der Waals surface area contributed by atoms with Crippen LogP contribution in [-0.4, -0.2) is 35.2 Å². The third-order valence-corrected chi connectivity index (χ3v) is 4.60. The summed E-state index contributed by atoms with van der Waals surface area (Å²) in [4.78, 5) is 0. The molecule has 1 aromatic heterocycles. The van der Waals surface area contributed by atoms with Crippen molar-refractivity contribution in [3.8, 4) is 5.75 Å². The molecule has 0 unspecified atom stereocenters. The number of rotatable bonds is 1. The normalized spacial score (nSPS) is 16.9. The Morgan fingerprint density at radius 1 is 1.22 bits per heavy atom. The number of hydrogen-bond acceptors (Lipinski definition) is 3. The Labute approximate surface area is 105 Å². The number of benzene rings is 1. The number of fused-ring (bicyclic) bond motifs is 3. The first-order valence-corrected chi connectivity index (χ1v) is 7.56. The average Bonchev–Trinajstić information content (AvgIpc) is 2.63. The summed E-state index contributed by atoms with van der Waals surface area (Å²) in [5.41, 5.74) is 2.00. The van der Waals surface area contributed by atoms with Crippen LogP contribution in [0.5, 0.6) is 5.75 Å². The maximum absolute atomic E-state index is 11.5. The van der Waals surface area contributed by atoms with Crippen molar-refractivity contribution in [2.45, 2.75) is 13.1 Å². The van der Waals surface area contributed by atoms with Gasteiger partial charge in [-0.3, -0.25) is 0 Å². The number of phenolic OH excluding ortho intramolecular Hbond substituents is 1. The van der Waals surface area contributed by atoms with Crippen LogP contribution in [0.2, 0.25) is 0 Å². The molecule has 2 heterocycles. The molecule has 0 saturated heterocycles. The van der Waals surface area contributed by atoms with Gasteiger partial charge in [-0.2, -0.15) is 4.31 Å². The molecule has 6 heteroatoms. The lowest BCUT2D eigenvalue weighted by molar-refractivity contribution is 0.348. The maximum atomic E-state index is 11.5. The van der Waals surface area contributed by atoms with Crippen LogP contribution in [0, 0.1) is 0 Å². The van der Waals surface area contributed by atoms with E-state index >= 15 is 0 Å². The molecule has 0 bridgehead atoms. The van der Waals surface area contributed by atoms with Crippen LogP contribution in [-0.2, 0) is 23.1 Å². The average molecular weight is 266 g/mol. The van der Waals surface area contributed by atoms with Crippen LogP contribution < -0.4 is 0 Å². The molecule has 0 aliphatic carbocycles. The molecular formula is C12H14N2O3S. The molecule has 0 spiro atoms. The molecule has 1 N–H and O–H groups in total. The molecule has 5 nitrogen and oxygen atoms in total. The van der Waals surface area contributed by atoms with Crippen LogP contribution in [0.3, 0.4) is 0 Å². The Morgan fingerprint density at radius 2 is 2.00 bits per heavy atom. The zero-order valence-electron chi connectivity index (χ0n) is 10.00. The second kappa shape index (κ2) is 3.73. The van der Waals surface area contributed by atoms with Gasteiger partial charge in [0.05, 0.1) is 12.8 Å². The minimum atomic E-state index is -3.14. The summed E-state index contributed by atoms with van der Waals surface area (Å²) in [5, 5.41) is 10.4. The highest BCUT2D eigenvalue weighted by atomic mass is 32.2. The van der Waals surface area contributed by atoms with Gasteiger partial charge >= 0.3 is 0 Å². The SMILES string of the molecule is CS(=O)(=O)N1CCn2c(cc3cc(O)ccc32)C1. The third-order valence-electron chi connectivity index (χ3n) is 3.35. The van der Waals surface area contributed by atoms with E-state index in [4.69, 9.17) is 0 Å². The van der Waals surface area contributed by atoms with Crippen molar-refractivity contribution < 1.29 is 13.5 Å². The van der Waals surface area contributed by atoms with Gasteiger partial charge in [-0.15, -0.1) is 0 Å². The molecule has 1 aliphatic rings. The van der Waals surface area contributed by atoms with E-state index in [1.807, 2.05) is 12.1 Å². The minimum Gasteiger partial charge on any atom is -0.508 e. The van der Waals surface area contributed by atoms with Crippen molar-refractivity contribution in [3.63, 3.8) is 0 Å². The number of aromatic nitrogens is 1. The fourth-order valence-electron chi connectivity index (χ4n) is 2.46. The van der Waals surface area contributed by atoms with Crippen LogP contribution in [0.25, 0.3) is 10.9 Å². The standard InChI is InChI=1S/C12H14N2O3S/c1-18(16,17)13-4-5-14-10(8-13)6-9-7-11(15)2-3-12(9)14/h2-3,6-7,15H,4-5,8H2,1H3. The van der Waals surface area contributed by atoms with Crippen molar-refractivity contribution in [2.24, 2.45) is 0 Å². The molecule has 0 fully saturated rings. The summed E-state index contributed by atoms with van der Waals surface area (Å²) >= 11 is 0. The fourth-order valence-corrected chi connectivity index (χ4v) is 3.24. The van der Waals surface area contributed by atoms with Gasteiger partial charge < -0.3 is 9.67 Å². The molecule has 0 saturated carbocycles. The van der Waals surface area contributed by atoms with E-state index in [0.717, 1.165) is 16.6 Å². The van der Waals surface area contributed by atoms with E-state index in [0.29, 0.717) is 19.6 Å². The maximum Gasteiger partial charge on any atom is 0.211 e. The summed E-state index contributed by atoms with van der Waals surface area (Å²) in [7, 11) is -3.14. The van der Waals surface area contributed by atoms with Gasteiger partial charge in [0.15, 0.2) is 0 Å². The minimum absolute atomic E-state index is 0.227. The van der Waals surface area contributed by atoms with E-state index in [1.165, 1.54) is 10.6 Å². The lowest BCUT2D eigenvalue weighted by atomic mass is 10.2. The Bertz CT molecular complexity index is 718. The summed E-state index contributed by atoms with van der Waals surface area (Å²) < 4.78 is 26.7. The van der Waals surface area contributed by atoms with Crippen molar-refractivity contribution in [3.05, 3.63) is 30.0 Å². The highest BCUT2D eigenvalue weighted by molar-refractivity contribution is 7.88. The molecule has 1 aliphatic heterocycles. The quantitative estimate of drug-likeness (QED) is 0.841. The van der Waals surface area contributed by atoms with Gasteiger partial charge in [0.2, 0.25) is 10.0 Å². The van der Waals surface area contributed by atoms with Gasteiger partial charge in [0, 0.05) is 29.7 Å². The van der Waals surface area contributed by atoms with E-state index in [-0.39, 0.29) is 5.75 Å². The van der Waals surface area contributed by atoms with Crippen LogP contribution >= 0.6 is 0 Å². The van der Waals surface area contributed by atoms with E-state index in [2.05, 4.69) is 4.57 Å². The smallest absolute Gasteiger partial charge is 0.211 e.